The predicted octanol–water partition coefficient (Wildman–Crippen LogP) is 4.50. The maximum absolute atomic E-state index is 6.43. The Hall–Kier alpha value is -0.0900. The minimum atomic E-state index is 0.256. The monoisotopic (exact) mass is 372 g/mol. The van der Waals surface area contributed by atoms with E-state index in [9.17, 15) is 0 Å². The van der Waals surface area contributed by atoms with Crippen LogP contribution in [0.5, 0.6) is 0 Å². The Morgan fingerprint density at radius 3 is 2.52 bits per heavy atom. The van der Waals surface area contributed by atoms with Crippen LogP contribution in [0, 0.1) is 0 Å². The molecule has 0 amide bonds. The van der Waals surface area contributed by atoms with Crippen molar-refractivity contribution < 1.29 is 0 Å². The Kier molecular flexibility index (Phi) is 6.13. The van der Waals surface area contributed by atoms with Gasteiger partial charge in [-0.05, 0) is 57.6 Å². The van der Waals surface area contributed by atoms with E-state index in [1.165, 1.54) is 31.2 Å². The summed E-state index contributed by atoms with van der Waals surface area (Å²) in [7, 11) is 4.44. The number of hydrogen-bond acceptors (Lipinski definition) is 2. The quantitative estimate of drug-likeness (QED) is 0.790. The summed E-state index contributed by atoms with van der Waals surface area (Å²) in [4.78, 5) is 2.43. The first-order valence-electron chi connectivity index (χ1n) is 7.84. The van der Waals surface area contributed by atoms with Crippen molar-refractivity contribution in [2.75, 3.05) is 20.6 Å². The van der Waals surface area contributed by atoms with E-state index >= 15 is 0 Å². The third-order valence-corrected chi connectivity index (χ3v) is 5.74. The summed E-state index contributed by atoms with van der Waals surface area (Å²) in [6.07, 6.45) is 6.18. The van der Waals surface area contributed by atoms with Crippen molar-refractivity contribution in [3.63, 3.8) is 0 Å². The zero-order valence-electron chi connectivity index (χ0n) is 13.3. The van der Waals surface area contributed by atoms with E-state index in [1.807, 2.05) is 6.07 Å². The molecule has 4 heteroatoms. The third kappa shape index (κ3) is 3.82. The van der Waals surface area contributed by atoms with Crippen LogP contribution in [0.3, 0.4) is 0 Å². The van der Waals surface area contributed by atoms with Crippen molar-refractivity contribution in [3.05, 3.63) is 33.3 Å². The highest BCUT2D eigenvalue weighted by Gasteiger charge is 2.42. The number of rotatable bonds is 6. The highest BCUT2D eigenvalue weighted by Crippen LogP contribution is 2.38. The molecule has 0 aromatic heterocycles. The van der Waals surface area contributed by atoms with Crippen molar-refractivity contribution in [2.45, 2.75) is 50.6 Å². The Bertz CT molecular complexity index is 470. The van der Waals surface area contributed by atoms with Crippen LogP contribution in [0.1, 0.15) is 38.2 Å². The van der Waals surface area contributed by atoms with Crippen LogP contribution in [0.4, 0.5) is 0 Å². The second kappa shape index (κ2) is 7.45. The molecule has 1 atom stereocenters. The number of hydrogen-bond donors (Lipinski definition) is 1. The molecule has 21 heavy (non-hydrogen) atoms. The molecule has 1 unspecified atom stereocenters. The number of nitrogens with one attached hydrogen (secondary N) is 1. The molecular formula is C17H26BrClN2. The standard InChI is InChI=1S/C17H26BrClN2/c1-4-20-16(17(21(2)3)9-5-6-10-17)11-13-7-8-14(18)12-15(13)19/h7-8,12,16,20H,4-6,9-11H2,1-3H3. The van der Waals surface area contributed by atoms with Crippen molar-refractivity contribution in [2.24, 2.45) is 0 Å². The van der Waals surface area contributed by atoms with E-state index in [0.29, 0.717) is 6.04 Å². The van der Waals surface area contributed by atoms with Gasteiger partial charge in [0.2, 0.25) is 0 Å². The van der Waals surface area contributed by atoms with Gasteiger partial charge in [0.1, 0.15) is 0 Å². The highest BCUT2D eigenvalue weighted by molar-refractivity contribution is 9.10. The SMILES string of the molecule is CCNC(Cc1ccc(Br)cc1Cl)C1(N(C)C)CCCC1. The second-order valence-corrected chi connectivity index (χ2v) is 7.58. The first-order valence-corrected chi connectivity index (χ1v) is 9.01. The molecule has 2 rings (SSSR count). The maximum Gasteiger partial charge on any atom is 0.0449 e. The van der Waals surface area contributed by atoms with Gasteiger partial charge in [-0.25, -0.2) is 0 Å². The lowest BCUT2D eigenvalue weighted by Crippen LogP contribution is -2.58. The van der Waals surface area contributed by atoms with Gasteiger partial charge in [-0.1, -0.05) is 53.4 Å². The topological polar surface area (TPSA) is 15.3 Å². The van der Waals surface area contributed by atoms with Crippen molar-refractivity contribution in [1.82, 2.24) is 10.2 Å². The lowest BCUT2D eigenvalue weighted by molar-refractivity contribution is 0.105. The lowest BCUT2D eigenvalue weighted by atomic mass is 9.83. The Morgan fingerprint density at radius 1 is 1.33 bits per heavy atom. The fraction of sp³-hybridized carbons (Fsp3) is 0.647. The molecule has 0 radical (unpaired) electrons. The molecule has 0 bridgehead atoms. The van der Waals surface area contributed by atoms with E-state index in [4.69, 9.17) is 11.6 Å². The van der Waals surface area contributed by atoms with E-state index in [1.54, 1.807) is 0 Å². The van der Waals surface area contributed by atoms with Gasteiger partial charge in [0, 0.05) is 21.1 Å². The largest absolute Gasteiger partial charge is 0.312 e. The summed E-state index contributed by atoms with van der Waals surface area (Å²) in [5, 5.41) is 4.59. The van der Waals surface area contributed by atoms with Crippen LogP contribution in [-0.4, -0.2) is 37.1 Å². The lowest BCUT2D eigenvalue weighted by Gasteiger charge is -2.44. The second-order valence-electron chi connectivity index (χ2n) is 6.26. The molecule has 1 aliphatic rings. The van der Waals surface area contributed by atoms with Crippen LogP contribution in [0.2, 0.25) is 5.02 Å². The van der Waals surface area contributed by atoms with Crippen LogP contribution in [-0.2, 0) is 6.42 Å². The van der Waals surface area contributed by atoms with Crippen molar-refractivity contribution in [1.29, 1.82) is 0 Å². The summed E-state index contributed by atoms with van der Waals surface area (Å²) >= 11 is 9.92. The van der Waals surface area contributed by atoms with Gasteiger partial charge < -0.3 is 10.2 Å². The number of likely N-dealkylation sites (N-methyl/N-ethyl adjacent to an activating group) is 2. The van der Waals surface area contributed by atoms with Crippen molar-refractivity contribution in [3.8, 4) is 0 Å². The van der Waals surface area contributed by atoms with Gasteiger partial charge in [0.25, 0.3) is 0 Å². The molecule has 1 N–H and O–H groups in total. The summed E-state index contributed by atoms with van der Waals surface area (Å²) < 4.78 is 1.04. The average Bonchev–Trinajstić information content (AvgIpc) is 2.91. The summed E-state index contributed by atoms with van der Waals surface area (Å²) in [6.45, 7) is 3.18. The van der Waals surface area contributed by atoms with Crippen molar-refractivity contribution >= 4 is 27.5 Å². The van der Waals surface area contributed by atoms with Gasteiger partial charge in [-0.3, -0.25) is 0 Å². The minimum Gasteiger partial charge on any atom is -0.312 e. The maximum atomic E-state index is 6.43. The number of halogens is 2. The van der Waals surface area contributed by atoms with E-state index in [-0.39, 0.29) is 5.54 Å². The molecule has 1 fully saturated rings. The van der Waals surface area contributed by atoms with Crippen LogP contribution in [0.15, 0.2) is 22.7 Å². The Morgan fingerprint density at radius 2 is 2.00 bits per heavy atom. The van der Waals surface area contributed by atoms with E-state index in [0.717, 1.165) is 22.5 Å². The van der Waals surface area contributed by atoms with Gasteiger partial charge in [-0.2, -0.15) is 0 Å². The molecule has 0 saturated heterocycles. The zero-order valence-corrected chi connectivity index (χ0v) is 15.6. The normalized spacial score (nSPS) is 19.1. The van der Waals surface area contributed by atoms with Gasteiger partial charge in [0.15, 0.2) is 0 Å². The molecule has 1 aromatic rings. The number of nitrogens with zero attached hydrogens (tertiary/aromatic N) is 1. The Balaban J connectivity index is 2.26. The fourth-order valence-corrected chi connectivity index (χ4v) is 4.45. The molecule has 2 nitrogen and oxygen atoms in total. The molecule has 0 aliphatic heterocycles. The first-order chi connectivity index (χ1) is 9.99. The van der Waals surface area contributed by atoms with E-state index in [2.05, 4.69) is 59.3 Å². The molecule has 118 valence electrons. The first kappa shape index (κ1) is 17.3. The summed E-state index contributed by atoms with van der Waals surface area (Å²) in [5.74, 6) is 0. The molecule has 0 heterocycles. The molecule has 1 saturated carbocycles. The predicted molar refractivity (Wildman–Crippen MR) is 95.2 cm³/mol. The van der Waals surface area contributed by atoms with Crippen LogP contribution >= 0.6 is 27.5 Å². The fourth-order valence-electron chi connectivity index (χ4n) is 3.70. The van der Waals surface area contributed by atoms with Crippen LogP contribution in [0.25, 0.3) is 0 Å². The highest BCUT2D eigenvalue weighted by atomic mass is 79.9. The summed E-state index contributed by atoms with van der Waals surface area (Å²) in [5.41, 5.74) is 1.49. The molecule has 1 aromatic carbocycles. The van der Waals surface area contributed by atoms with Gasteiger partial charge in [0.05, 0.1) is 0 Å². The van der Waals surface area contributed by atoms with E-state index < -0.39 is 0 Å². The molecule has 0 spiro atoms. The average molecular weight is 374 g/mol. The minimum absolute atomic E-state index is 0.256. The third-order valence-electron chi connectivity index (χ3n) is 4.90. The summed E-state index contributed by atoms with van der Waals surface area (Å²) in [6, 6.07) is 6.67. The smallest absolute Gasteiger partial charge is 0.0449 e. The zero-order chi connectivity index (χ0) is 15.5. The number of benzene rings is 1. The Labute approximate surface area is 142 Å². The van der Waals surface area contributed by atoms with Crippen LogP contribution < -0.4 is 5.32 Å². The molecular weight excluding hydrogens is 348 g/mol. The molecule has 1 aliphatic carbocycles. The van der Waals surface area contributed by atoms with Gasteiger partial charge >= 0.3 is 0 Å². The van der Waals surface area contributed by atoms with Gasteiger partial charge in [-0.15, -0.1) is 0 Å².